The average molecular weight is 252 g/mol. The molecular weight excluding hydrogens is 236 g/mol. The van der Waals surface area contributed by atoms with Gasteiger partial charge in [0.1, 0.15) is 11.3 Å². The van der Waals surface area contributed by atoms with Crippen molar-refractivity contribution in [2.75, 3.05) is 20.3 Å². The molecule has 92 valence electrons. The van der Waals surface area contributed by atoms with Gasteiger partial charge in [-0.2, -0.15) is 0 Å². The molecule has 2 aromatic rings. The van der Waals surface area contributed by atoms with Crippen molar-refractivity contribution in [3.63, 3.8) is 0 Å². The van der Waals surface area contributed by atoms with Gasteiger partial charge in [0.05, 0.1) is 18.7 Å². The second kappa shape index (κ2) is 5.33. The van der Waals surface area contributed by atoms with Crippen LogP contribution in [-0.4, -0.2) is 29.9 Å². The first-order valence-electron chi connectivity index (χ1n) is 5.61. The molecule has 2 rings (SSSR count). The van der Waals surface area contributed by atoms with Gasteiger partial charge in [-0.15, -0.1) is 0 Å². The number of nitrogens with zero attached hydrogens (tertiary/aromatic N) is 1. The molecule has 5 heteroatoms. The summed E-state index contributed by atoms with van der Waals surface area (Å²) >= 11 is 5.31. The predicted octanol–water partition coefficient (Wildman–Crippen LogP) is 2.74. The lowest BCUT2D eigenvalue weighted by Crippen LogP contribution is -2.03. The van der Waals surface area contributed by atoms with Crippen molar-refractivity contribution < 1.29 is 9.47 Å². The zero-order chi connectivity index (χ0) is 12.3. The van der Waals surface area contributed by atoms with Crippen molar-refractivity contribution in [2.45, 2.75) is 13.5 Å². The van der Waals surface area contributed by atoms with Crippen LogP contribution < -0.4 is 4.74 Å². The molecule has 0 amide bonds. The minimum atomic E-state index is 0.639. The minimum absolute atomic E-state index is 0.639. The summed E-state index contributed by atoms with van der Waals surface area (Å²) in [6.07, 6.45) is 0. The maximum Gasteiger partial charge on any atom is 0.178 e. The van der Waals surface area contributed by atoms with Crippen molar-refractivity contribution in [3.8, 4) is 5.75 Å². The number of rotatable bonds is 5. The Balaban J connectivity index is 2.51. The van der Waals surface area contributed by atoms with Crippen LogP contribution in [0.3, 0.4) is 0 Å². The first-order chi connectivity index (χ1) is 8.27. The standard InChI is InChI=1S/C12H16N2O2S/c1-3-16-10-6-4-5-9-11(10)13-12(17)14(9)7-8-15-2/h4-6H,3,7-8H2,1-2H3,(H,13,17). The predicted molar refractivity (Wildman–Crippen MR) is 70.2 cm³/mol. The maximum absolute atomic E-state index is 5.57. The molecule has 0 atom stereocenters. The number of aromatic amines is 1. The average Bonchev–Trinajstić information content (AvgIpc) is 2.64. The number of hydrogen-bond donors (Lipinski definition) is 1. The summed E-state index contributed by atoms with van der Waals surface area (Å²) in [5.41, 5.74) is 2.01. The summed E-state index contributed by atoms with van der Waals surface area (Å²) in [5.74, 6) is 0.840. The van der Waals surface area contributed by atoms with Gasteiger partial charge >= 0.3 is 0 Å². The SMILES string of the molecule is CCOc1cccc2c1[nH]c(=S)n2CCOC. The third kappa shape index (κ3) is 2.35. The number of para-hydroxylation sites is 1. The van der Waals surface area contributed by atoms with Gasteiger partial charge in [0.25, 0.3) is 0 Å². The molecule has 0 saturated heterocycles. The Morgan fingerprint density at radius 2 is 2.24 bits per heavy atom. The van der Waals surface area contributed by atoms with Gasteiger partial charge in [0.15, 0.2) is 4.77 Å². The Kier molecular flexibility index (Phi) is 3.81. The van der Waals surface area contributed by atoms with E-state index < -0.39 is 0 Å². The molecule has 0 aliphatic rings. The lowest BCUT2D eigenvalue weighted by molar-refractivity contribution is 0.188. The number of imidazole rings is 1. The molecule has 0 aliphatic carbocycles. The largest absolute Gasteiger partial charge is 0.492 e. The van der Waals surface area contributed by atoms with Crippen molar-refractivity contribution in [1.29, 1.82) is 0 Å². The van der Waals surface area contributed by atoms with E-state index in [-0.39, 0.29) is 0 Å². The fourth-order valence-electron chi connectivity index (χ4n) is 1.83. The van der Waals surface area contributed by atoms with Crippen LogP contribution in [0.2, 0.25) is 0 Å². The van der Waals surface area contributed by atoms with E-state index in [2.05, 4.69) is 4.98 Å². The highest BCUT2D eigenvalue weighted by molar-refractivity contribution is 7.71. The van der Waals surface area contributed by atoms with Gasteiger partial charge in [-0.3, -0.25) is 0 Å². The Morgan fingerprint density at radius 1 is 1.41 bits per heavy atom. The Hall–Kier alpha value is -1.33. The molecule has 0 aliphatic heterocycles. The van der Waals surface area contributed by atoms with Crippen LogP contribution >= 0.6 is 12.2 Å². The van der Waals surface area contributed by atoms with Crippen molar-refractivity contribution in [3.05, 3.63) is 23.0 Å². The lowest BCUT2D eigenvalue weighted by Gasteiger charge is -2.05. The van der Waals surface area contributed by atoms with Gasteiger partial charge in [0.2, 0.25) is 0 Å². The summed E-state index contributed by atoms with van der Waals surface area (Å²) in [5, 5.41) is 0. The molecule has 1 N–H and O–H groups in total. The van der Waals surface area contributed by atoms with Crippen LogP contribution in [-0.2, 0) is 11.3 Å². The number of methoxy groups -OCH3 is 1. The van der Waals surface area contributed by atoms with E-state index in [1.165, 1.54) is 0 Å². The van der Waals surface area contributed by atoms with Crippen LogP contribution in [0.1, 0.15) is 6.92 Å². The molecule has 17 heavy (non-hydrogen) atoms. The number of fused-ring (bicyclic) bond motifs is 1. The summed E-state index contributed by atoms with van der Waals surface area (Å²) < 4.78 is 13.4. The van der Waals surface area contributed by atoms with Crippen LogP contribution in [0, 0.1) is 4.77 Å². The highest BCUT2D eigenvalue weighted by Gasteiger charge is 2.08. The summed E-state index contributed by atoms with van der Waals surface area (Å²) in [7, 11) is 1.68. The van der Waals surface area contributed by atoms with Gasteiger partial charge in [0, 0.05) is 13.7 Å². The molecule has 0 fully saturated rings. The molecule has 0 spiro atoms. The van der Waals surface area contributed by atoms with Gasteiger partial charge in [-0.05, 0) is 31.3 Å². The third-order valence-electron chi connectivity index (χ3n) is 2.59. The molecule has 0 bridgehead atoms. The van der Waals surface area contributed by atoms with E-state index in [9.17, 15) is 0 Å². The number of benzene rings is 1. The molecule has 1 aromatic heterocycles. The molecule has 1 heterocycles. The van der Waals surface area contributed by atoms with Gasteiger partial charge < -0.3 is 19.0 Å². The third-order valence-corrected chi connectivity index (χ3v) is 2.91. The van der Waals surface area contributed by atoms with E-state index >= 15 is 0 Å². The van der Waals surface area contributed by atoms with E-state index in [0.29, 0.717) is 18.0 Å². The van der Waals surface area contributed by atoms with Gasteiger partial charge in [-0.25, -0.2) is 0 Å². The van der Waals surface area contributed by atoms with Gasteiger partial charge in [-0.1, -0.05) is 6.07 Å². The quantitative estimate of drug-likeness (QED) is 0.832. The zero-order valence-corrected chi connectivity index (χ0v) is 10.8. The van der Waals surface area contributed by atoms with E-state index in [4.69, 9.17) is 21.7 Å². The first-order valence-corrected chi connectivity index (χ1v) is 6.02. The normalized spacial score (nSPS) is 10.9. The van der Waals surface area contributed by atoms with E-state index in [1.807, 2.05) is 29.7 Å². The topological polar surface area (TPSA) is 39.2 Å². The number of hydrogen-bond acceptors (Lipinski definition) is 3. The highest BCUT2D eigenvalue weighted by atomic mass is 32.1. The second-order valence-electron chi connectivity index (χ2n) is 3.66. The van der Waals surface area contributed by atoms with Crippen LogP contribution in [0.25, 0.3) is 11.0 Å². The fourth-order valence-corrected chi connectivity index (χ4v) is 2.13. The monoisotopic (exact) mass is 252 g/mol. The first kappa shape index (κ1) is 12.1. The van der Waals surface area contributed by atoms with Crippen molar-refractivity contribution in [1.82, 2.24) is 9.55 Å². The summed E-state index contributed by atoms with van der Waals surface area (Å²) in [4.78, 5) is 3.19. The smallest absolute Gasteiger partial charge is 0.178 e. The zero-order valence-electron chi connectivity index (χ0n) is 10.0. The Labute approximate surface area is 105 Å². The molecule has 0 radical (unpaired) electrons. The van der Waals surface area contributed by atoms with Crippen LogP contribution in [0.15, 0.2) is 18.2 Å². The van der Waals surface area contributed by atoms with Crippen molar-refractivity contribution in [2.24, 2.45) is 0 Å². The number of aromatic nitrogens is 2. The van der Waals surface area contributed by atoms with Crippen LogP contribution in [0.4, 0.5) is 0 Å². The molecule has 4 nitrogen and oxygen atoms in total. The minimum Gasteiger partial charge on any atom is -0.492 e. The number of ether oxygens (including phenoxy) is 2. The summed E-state index contributed by atoms with van der Waals surface area (Å²) in [6.45, 7) is 3.99. The number of nitrogens with one attached hydrogen (secondary N) is 1. The lowest BCUT2D eigenvalue weighted by atomic mass is 10.3. The van der Waals surface area contributed by atoms with E-state index in [1.54, 1.807) is 7.11 Å². The van der Waals surface area contributed by atoms with Crippen LogP contribution in [0.5, 0.6) is 5.75 Å². The van der Waals surface area contributed by atoms with E-state index in [0.717, 1.165) is 23.3 Å². The molecule has 0 unspecified atom stereocenters. The summed E-state index contributed by atoms with van der Waals surface area (Å²) in [6, 6.07) is 5.94. The molecular formula is C12H16N2O2S. The molecule has 1 aromatic carbocycles. The maximum atomic E-state index is 5.57. The number of H-pyrrole nitrogens is 1. The second-order valence-corrected chi connectivity index (χ2v) is 4.04. The Bertz CT molecular complexity index is 559. The fraction of sp³-hybridized carbons (Fsp3) is 0.417. The Morgan fingerprint density at radius 3 is 2.94 bits per heavy atom. The molecule has 0 saturated carbocycles. The highest BCUT2D eigenvalue weighted by Crippen LogP contribution is 2.24. The van der Waals surface area contributed by atoms with Crippen molar-refractivity contribution >= 4 is 23.3 Å².